The van der Waals surface area contributed by atoms with Crippen LogP contribution in [0, 0.1) is 10.7 Å². The Labute approximate surface area is 118 Å². The zero-order valence-electron chi connectivity index (χ0n) is 10.2. The molecule has 2 unspecified atom stereocenters. The van der Waals surface area contributed by atoms with Gasteiger partial charge in [0.2, 0.25) is 5.91 Å². The maximum atomic E-state index is 12.3. The summed E-state index contributed by atoms with van der Waals surface area (Å²) < 4.78 is 0. The van der Waals surface area contributed by atoms with Crippen LogP contribution in [0.4, 0.5) is 0 Å². The van der Waals surface area contributed by atoms with Crippen LogP contribution < -0.4 is 5.32 Å². The summed E-state index contributed by atoms with van der Waals surface area (Å²) in [5.41, 5.74) is 0.646. The number of rotatable bonds is 3. The van der Waals surface area contributed by atoms with E-state index in [1.165, 1.54) is 0 Å². The summed E-state index contributed by atoms with van der Waals surface area (Å²) in [5, 5.41) is 13.1. The highest BCUT2D eigenvalue weighted by atomic mass is 32.2. The van der Waals surface area contributed by atoms with E-state index in [2.05, 4.69) is 5.32 Å². The van der Waals surface area contributed by atoms with Crippen molar-refractivity contribution in [1.29, 1.82) is 5.26 Å². The zero-order chi connectivity index (χ0) is 14.3. The molecule has 0 bridgehead atoms. The molecule has 3 amide bonds. The molecule has 0 aliphatic carbocycles. The van der Waals surface area contributed by atoms with Crippen molar-refractivity contribution in [2.24, 2.45) is 0 Å². The molecule has 100 valence electrons. The predicted octanol–water partition coefficient (Wildman–Crippen LogP) is 0.364. The van der Waals surface area contributed by atoms with Gasteiger partial charge in [-0.05, 0) is 23.9 Å². The average molecular weight is 287 g/mol. The molecule has 0 radical (unpaired) electrons. The van der Waals surface area contributed by atoms with Gasteiger partial charge < -0.3 is 5.32 Å². The van der Waals surface area contributed by atoms with Gasteiger partial charge in [-0.1, -0.05) is 12.1 Å². The lowest BCUT2D eigenvalue weighted by molar-refractivity contribution is -0.134. The summed E-state index contributed by atoms with van der Waals surface area (Å²) in [4.78, 5) is 37.2. The SMILES string of the molecule is N#CSCC1NC(=O)C1N1C(=O)c2ccccc2C1=O. The first-order chi connectivity index (χ1) is 9.65. The number of hydrogen-bond donors (Lipinski definition) is 1. The molecule has 0 spiro atoms. The predicted molar refractivity (Wildman–Crippen MR) is 70.7 cm³/mol. The summed E-state index contributed by atoms with van der Waals surface area (Å²) in [6.07, 6.45) is 0. The second-order valence-corrected chi connectivity index (χ2v) is 5.29. The van der Waals surface area contributed by atoms with Crippen LogP contribution in [0.3, 0.4) is 0 Å². The lowest BCUT2D eigenvalue weighted by Crippen LogP contribution is -2.71. The molecule has 2 aliphatic rings. The molecule has 2 atom stereocenters. The number of thioether (sulfide) groups is 1. The Bertz CT molecular complexity index is 632. The Morgan fingerprint density at radius 3 is 2.30 bits per heavy atom. The molecular formula is C13H9N3O3S. The number of thiocyanates is 1. The van der Waals surface area contributed by atoms with E-state index in [4.69, 9.17) is 5.26 Å². The van der Waals surface area contributed by atoms with Gasteiger partial charge in [0, 0.05) is 5.75 Å². The van der Waals surface area contributed by atoms with Crippen molar-refractivity contribution < 1.29 is 14.4 Å². The van der Waals surface area contributed by atoms with E-state index in [9.17, 15) is 14.4 Å². The van der Waals surface area contributed by atoms with E-state index in [1.54, 1.807) is 24.3 Å². The van der Waals surface area contributed by atoms with E-state index < -0.39 is 17.9 Å². The number of nitriles is 1. The summed E-state index contributed by atoms with van der Waals surface area (Å²) in [5.74, 6) is -0.904. The number of hydrogen-bond acceptors (Lipinski definition) is 5. The Kier molecular flexibility index (Phi) is 2.95. The molecule has 0 saturated carbocycles. The molecule has 1 N–H and O–H groups in total. The maximum absolute atomic E-state index is 12.3. The average Bonchev–Trinajstić information content (AvgIpc) is 2.69. The van der Waals surface area contributed by atoms with Crippen LogP contribution in [0.25, 0.3) is 0 Å². The van der Waals surface area contributed by atoms with Gasteiger partial charge in [0.1, 0.15) is 11.4 Å². The van der Waals surface area contributed by atoms with E-state index in [1.807, 2.05) is 5.40 Å². The molecule has 3 rings (SSSR count). The highest BCUT2D eigenvalue weighted by molar-refractivity contribution is 8.03. The van der Waals surface area contributed by atoms with Gasteiger partial charge in [-0.25, -0.2) is 0 Å². The number of amides is 3. The minimum Gasteiger partial charge on any atom is -0.348 e. The van der Waals surface area contributed by atoms with Gasteiger partial charge in [0.05, 0.1) is 17.2 Å². The van der Waals surface area contributed by atoms with Crippen LogP contribution in [0.5, 0.6) is 0 Å². The molecule has 1 aromatic rings. The van der Waals surface area contributed by atoms with Gasteiger partial charge >= 0.3 is 0 Å². The van der Waals surface area contributed by atoms with E-state index in [0.29, 0.717) is 16.9 Å². The summed E-state index contributed by atoms with van der Waals surface area (Å²) in [6, 6.07) is 5.32. The van der Waals surface area contributed by atoms with Crippen LogP contribution in [0.15, 0.2) is 24.3 Å². The topological polar surface area (TPSA) is 90.3 Å². The molecule has 7 heteroatoms. The number of nitrogens with one attached hydrogen (secondary N) is 1. The van der Waals surface area contributed by atoms with Crippen molar-refractivity contribution in [3.05, 3.63) is 35.4 Å². The lowest BCUT2D eigenvalue weighted by Gasteiger charge is -2.40. The largest absolute Gasteiger partial charge is 0.348 e. The van der Waals surface area contributed by atoms with Crippen LogP contribution in [0.1, 0.15) is 20.7 Å². The third-order valence-electron chi connectivity index (χ3n) is 3.41. The first kappa shape index (κ1) is 12.7. The van der Waals surface area contributed by atoms with Crippen molar-refractivity contribution in [3.63, 3.8) is 0 Å². The normalized spacial score (nSPS) is 23.9. The molecule has 1 aromatic carbocycles. The quantitative estimate of drug-likeness (QED) is 0.492. The van der Waals surface area contributed by atoms with E-state index in [-0.39, 0.29) is 11.9 Å². The van der Waals surface area contributed by atoms with Crippen molar-refractivity contribution in [3.8, 4) is 5.40 Å². The van der Waals surface area contributed by atoms with Crippen molar-refractivity contribution in [2.75, 3.05) is 5.75 Å². The maximum Gasteiger partial charge on any atom is 0.262 e. The minimum atomic E-state index is -0.816. The fourth-order valence-corrected chi connectivity index (χ4v) is 2.97. The van der Waals surface area contributed by atoms with Gasteiger partial charge in [0.25, 0.3) is 11.8 Å². The van der Waals surface area contributed by atoms with E-state index >= 15 is 0 Å². The third-order valence-corrected chi connectivity index (χ3v) is 4.06. The molecule has 6 nitrogen and oxygen atoms in total. The molecule has 20 heavy (non-hydrogen) atoms. The van der Waals surface area contributed by atoms with Gasteiger partial charge in [-0.3, -0.25) is 19.3 Å². The monoisotopic (exact) mass is 287 g/mol. The first-order valence-corrected chi connectivity index (χ1v) is 6.92. The molecule has 1 fully saturated rings. The summed E-state index contributed by atoms with van der Waals surface area (Å²) >= 11 is 0.985. The molecule has 1 saturated heterocycles. The zero-order valence-corrected chi connectivity index (χ0v) is 11.0. The van der Waals surface area contributed by atoms with Crippen LogP contribution >= 0.6 is 11.8 Å². The number of benzene rings is 1. The van der Waals surface area contributed by atoms with Crippen LogP contribution in [-0.2, 0) is 4.79 Å². The molecular weight excluding hydrogens is 278 g/mol. The third kappa shape index (κ3) is 1.69. The second-order valence-electron chi connectivity index (χ2n) is 4.49. The minimum absolute atomic E-state index is 0.323. The van der Waals surface area contributed by atoms with E-state index in [0.717, 1.165) is 16.7 Å². The fraction of sp³-hybridized carbons (Fsp3) is 0.231. The number of carbonyl (C=O) groups is 3. The fourth-order valence-electron chi connectivity index (χ4n) is 2.45. The Morgan fingerprint density at radius 1 is 1.20 bits per heavy atom. The molecule has 2 heterocycles. The summed E-state index contributed by atoms with van der Waals surface area (Å²) in [6.45, 7) is 0. The Balaban J connectivity index is 1.89. The van der Waals surface area contributed by atoms with Crippen molar-refractivity contribution in [2.45, 2.75) is 12.1 Å². The van der Waals surface area contributed by atoms with Crippen molar-refractivity contribution in [1.82, 2.24) is 10.2 Å². The first-order valence-electron chi connectivity index (χ1n) is 5.93. The number of carbonyl (C=O) groups excluding carboxylic acids is 3. The second kappa shape index (κ2) is 4.65. The van der Waals surface area contributed by atoms with Gasteiger partial charge in [-0.2, -0.15) is 5.26 Å². The van der Waals surface area contributed by atoms with Gasteiger partial charge in [0.15, 0.2) is 0 Å². The van der Waals surface area contributed by atoms with Gasteiger partial charge in [-0.15, -0.1) is 0 Å². The standard InChI is InChI=1S/C13H9N3O3S/c14-6-20-5-9-10(11(17)15-9)16-12(18)7-3-1-2-4-8(7)13(16)19/h1-4,9-10H,5H2,(H,15,17). The highest BCUT2D eigenvalue weighted by Crippen LogP contribution is 2.29. The Hall–Kier alpha value is -2.33. The summed E-state index contributed by atoms with van der Waals surface area (Å²) in [7, 11) is 0. The molecule has 0 aromatic heterocycles. The number of fused-ring (bicyclic) bond motifs is 1. The lowest BCUT2D eigenvalue weighted by atomic mass is 9.99. The van der Waals surface area contributed by atoms with Crippen LogP contribution in [-0.4, -0.2) is 40.5 Å². The number of β-lactam (4-membered cyclic amide) rings is 1. The number of imide groups is 1. The van der Waals surface area contributed by atoms with Crippen LogP contribution in [0.2, 0.25) is 0 Å². The highest BCUT2D eigenvalue weighted by Gasteiger charge is 2.51. The number of nitrogens with zero attached hydrogens (tertiary/aromatic N) is 2. The molecule has 2 aliphatic heterocycles. The Morgan fingerprint density at radius 2 is 1.80 bits per heavy atom. The smallest absolute Gasteiger partial charge is 0.262 e. The van der Waals surface area contributed by atoms with Crippen molar-refractivity contribution >= 4 is 29.5 Å².